The van der Waals surface area contributed by atoms with Crippen LogP contribution < -0.4 is 9.47 Å². The van der Waals surface area contributed by atoms with Gasteiger partial charge >= 0.3 is 0 Å². The maximum atomic E-state index is 8.89. The minimum atomic E-state index is -1.59. The molecule has 24 heavy (non-hydrogen) atoms. The SMILES string of the molecule is C=CC(Cl)(Cl)Oc1cc(Cl)c(OC)c(-c2cc(CCCO)on2)c1. The summed E-state index contributed by atoms with van der Waals surface area (Å²) in [7, 11) is 1.50. The van der Waals surface area contributed by atoms with Gasteiger partial charge in [-0.2, -0.15) is 0 Å². The molecule has 0 saturated carbocycles. The van der Waals surface area contributed by atoms with Gasteiger partial charge in [-0.3, -0.25) is 0 Å². The van der Waals surface area contributed by atoms with Gasteiger partial charge in [0.25, 0.3) is 4.52 Å². The Morgan fingerprint density at radius 3 is 2.75 bits per heavy atom. The second-order valence-electron chi connectivity index (χ2n) is 4.86. The number of ether oxygens (including phenoxy) is 2. The zero-order valence-electron chi connectivity index (χ0n) is 12.9. The van der Waals surface area contributed by atoms with Gasteiger partial charge in [0.1, 0.15) is 23.0 Å². The smallest absolute Gasteiger partial charge is 0.277 e. The molecular formula is C16H16Cl3NO4. The molecule has 0 unspecified atom stereocenters. The molecule has 0 saturated heterocycles. The quantitative estimate of drug-likeness (QED) is 0.524. The van der Waals surface area contributed by atoms with E-state index in [9.17, 15) is 0 Å². The van der Waals surface area contributed by atoms with E-state index in [4.69, 9.17) is 53.9 Å². The van der Waals surface area contributed by atoms with E-state index in [1.807, 2.05) is 0 Å². The molecule has 0 spiro atoms. The molecule has 1 heterocycles. The van der Waals surface area contributed by atoms with E-state index in [1.165, 1.54) is 19.3 Å². The summed E-state index contributed by atoms with van der Waals surface area (Å²) in [5.41, 5.74) is 1.08. The minimum absolute atomic E-state index is 0.0730. The molecule has 0 aliphatic rings. The first kappa shape index (κ1) is 18.9. The van der Waals surface area contributed by atoms with Crippen LogP contribution in [0, 0.1) is 0 Å². The van der Waals surface area contributed by atoms with Crippen molar-refractivity contribution in [1.29, 1.82) is 0 Å². The highest BCUT2D eigenvalue weighted by Crippen LogP contribution is 2.41. The Bertz CT molecular complexity index is 715. The average molecular weight is 393 g/mol. The number of nitrogens with zero attached hydrogens (tertiary/aromatic N) is 1. The van der Waals surface area contributed by atoms with Gasteiger partial charge < -0.3 is 19.1 Å². The van der Waals surface area contributed by atoms with Crippen LogP contribution in [0.5, 0.6) is 11.5 Å². The van der Waals surface area contributed by atoms with Crippen molar-refractivity contribution in [2.45, 2.75) is 17.4 Å². The molecule has 0 radical (unpaired) electrons. The summed E-state index contributed by atoms with van der Waals surface area (Å²) in [4.78, 5) is 0. The molecule has 2 aromatic rings. The molecule has 8 heteroatoms. The molecule has 1 aromatic heterocycles. The fourth-order valence-electron chi connectivity index (χ4n) is 2.04. The van der Waals surface area contributed by atoms with Crippen LogP contribution >= 0.6 is 34.8 Å². The Kier molecular flexibility index (Phi) is 6.40. The normalized spacial score (nSPS) is 11.4. The number of halogens is 3. The van der Waals surface area contributed by atoms with Crippen LogP contribution in [0.15, 0.2) is 35.4 Å². The summed E-state index contributed by atoms with van der Waals surface area (Å²) in [5.74, 6) is 1.37. The number of benzene rings is 1. The van der Waals surface area contributed by atoms with E-state index in [0.29, 0.717) is 46.4 Å². The summed E-state index contributed by atoms with van der Waals surface area (Å²) >= 11 is 18.1. The minimum Gasteiger partial charge on any atom is -0.494 e. The maximum Gasteiger partial charge on any atom is 0.277 e. The largest absolute Gasteiger partial charge is 0.494 e. The molecule has 0 aliphatic carbocycles. The van der Waals surface area contributed by atoms with Gasteiger partial charge in [0.2, 0.25) is 0 Å². The Morgan fingerprint density at radius 1 is 1.38 bits per heavy atom. The van der Waals surface area contributed by atoms with Crippen molar-refractivity contribution < 1.29 is 19.1 Å². The third-order valence-electron chi connectivity index (χ3n) is 3.13. The zero-order valence-corrected chi connectivity index (χ0v) is 15.2. The standard InChI is InChI=1S/C16H16Cl3NO4/c1-3-16(18,19)23-11-7-12(15(22-2)13(17)8-11)14-9-10(24-20-14)5-4-6-21/h3,7-9,21H,1,4-6H2,2H3. The lowest BCUT2D eigenvalue weighted by molar-refractivity contribution is 0.280. The van der Waals surface area contributed by atoms with Gasteiger partial charge in [0, 0.05) is 25.2 Å². The fourth-order valence-corrected chi connectivity index (χ4v) is 2.50. The van der Waals surface area contributed by atoms with Crippen LogP contribution in [-0.4, -0.2) is 28.5 Å². The first-order valence-electron chi connectivity index (χ1n) is 7.05. The number of alkyl halides is 2. The topological polar surface area (TPSA) is 64.7 Å². The van der Waals surface area contributed by atoms with Crippen LogP contribution in [0.3, 0.4) is 0 Å². The second-order valence-corrected chi connectivity index (χ2v) is 6.58. The van der Waals surface area contributed by atoms with Crippen molar-refractivity contribution in [1.82, 2.24) is 5.16 Å². The molecule has 130 valence electrons. The van der Waals surface area contributed by atoms with E-state index in [2.05, 4.69) is 11.7 Å². The fraction of sp³-hybridized carbons (Fsp3) is 0.312. The molecule has 0 bridgehead atoms. The van der Waals surface area contributed by atoms with E-state index < -0.39 is 4.52 Å². The van der Waals surface area contributed by atoms with Crippen LogP contribution in [0.1, 0.15) is 12.2 Å². The third-order valence-corrected chi connectivity index (χ3v) is 3.87. The Balaban J connectivity index is 2.41. The van der Waals surface area contributed by atoms with Crippen LogP contribution in [0.25, 0.3) is 11.3 Å². The van der Waals surface area contributed by atoms with E-state index in [-0.39, 0.29) is 6.61 Å². The molecule has 0 amide bonds. The van der Waals surface area contributed by atoms with Crippen molar-refractivity contribution in [3.05, 3.63) is 41.6 Å². The van der Waals surface area contributed by atoms with E-state index in [0.717, 1.165) is 0 Å². The lowest BCUT2D eigenvalue weighted by Crippen LogP contribution is -2.17. The first-order chi connectivity index (χ1) is 11.4. The predicted octanol–water partition coefficient (Wildman–Crippen LogP) is 4.62. The zero-order chi connectivity index (χ0) is 17.7. The van der Waals surface area contributed by atoms with E-state index >= 15 is 0 Å². The lowest BCUT2D eigenvalue weighted by Gasteiger charge is -2.19. The van der Waals surface area contributed by atoms with Gasteiger partial charge in [0.15, 0.2) is 0 Å². The lowest BCUT2D eigenvalue weighted by atomic mass is 10.1. The maximum absolute atomic E-state index is 8.89. The van der Waals surface area contributed by atoms with Crippen LogP contribution in [0.2, 0.25) is 5.02 Å². The number of methoxy groups -OCH3 is 1. The number of aromatic nitrogens is 1. The molecule has 0 atom stereocenters. The number of rotatable bonds is 8. The molecule has 5 nitrogen and oxygen atoms in total. The van der Waals surface area contributed by atoms with Crippen LogP contribution in [0.4, 0.5) is 0 Å². The number of aryl methyl sites for hydroxylation is 1. The third kappa shape index (κ3) is 4.57. The molecular weight excluding hydrogens is 377 g/mol. The Morgan fingerprint density at radius 2 is 2.12 bits per heavy atom. The highest BCUT2D eigenvalue weighted by molar-refractivity contribution is 6.48. The Hall–Kier alpha value is -1.40. The van der Waals surface area contributed by atoms with Gasteiger partial charge in [-0.05, 0) is 18.6 Å². The summed E-state index contributed by atoms with van der Waals surface area (Å²) in [6.07, 6.45) is 2.39. The summed E-state index contributed by atoms with van der Waals surface area (Å²) < 4.78 is 14.4. The van der Waals surface area contributed by atoms with Gasteiger partial charge in [-0.15, -0.1) is 0 Å². The molecule has 1 aromatic carbocycles. The predicted molar refractivity (Wildman–Crippen MR) is 94.2 cm³/mol. The van der Waals surface area contributed by atoms with Crippen molar-refractivity contribution in [2.75, 3.05) is 13.7 Å². The average Bonchev–Trinajstić information content (AvgIpc) is 3.00. The van der Waals surface area contributed by atoms with Crippen LogP contribution in [-0.2, 0) is 6.42 Å². The highest BCUT2D eigenvalue weighted by Gasteiger charge is 2.24. The summed E-state index contributed by atoms with van der Waals surface area (Å²) in [5, 5.41) is 13.2. The highest BCUT2D eigenvalue weighted by atomic mass is 35.5. The van der Waals surface area contributed by atoms with Crippen molar-refractivity contribution in [3.63, 3.8) is 0 Å². The van der Waals surface area contributed by atoms with Gasteiger partial charge in [-0.1, -0.05) is 46.5 Å². The van der Waals surface area contributed by atoms with Crippen molar-refractivity contribution in [2.24, 2.45) is 0 Å². The molecule has 1 N–H and O–H groups in total. The van der Waals surface area contributed by atoms with Gasteiger partial charge in [-0.25, -0.2) is 0 Å². The number of aliphatic hydroxyl groups excluding tert-OH is 1. The van der Waals surface area contributed by atoms with Crippen molar-refractivity contribution in [3.8, 4) is 22.8 Å². The number of aliphatic hydroxyl groups is 1. The molecule has 0 fully saturated rings. The molecule has 0 aliphatic heterocycles. The first-order valence-corrected chi connectivity index (χ1v) is 8.18. The Labute approximate surface area is 154 Å². The van der Waals surface area contributed by atoms with Gasteiger partial charge in [0.05, 0.1) is 17.7 Å². The monoisotopic (exact) mass is 391 g/mol. The molecule has 2 rings (SSSR count). The summed E-state index contributed by atoms with van der Waals surface area (Å²) in [6.45, 7) is 3.58. The number of hydrogen-bond acceptors (Lipinski definition) is 5. The van der Waals surface area contributed by atoms with E-state index in [1.54, 1.807) is 12.1 Å². The summed E-state index contributed by atoms with van der Waals surface area (Å²) in [6, 6.07) is 4.91. The van der Waals surface area contributed by atoms with Crippen molar-refractivity contribution >= 4 is 34.8 Å². The second kappa shape index (κ2) is 8.12. The number of hydrogen-bond donors (Lipinski definition) is 1.